The quantitative estimate of drug-likeness (QED) is 0.772. The number of amides is 2. The van der Waals surface area contributed by atoms with Crippen LogP contribution in [0, 0.1) is 5.92 Å². The summed E-state index contributed by atoms with van der Waals surface area (Å²) in [5.74, 6) is -1.21. The van der Waals surface area contributed by atoms with E-state index in [1.54, 1.807) is 11.0 Å². The predicted octanol–water partition coefficient (Wildman–Crippen LogP) is 1.55. The van der Waals surface area contributed by atoms with Gasteiger partial charge in [0, 0.05) is 25.7 Å². The van der Waals surface area contributed by atoms with Gasteiger partial charge in [0.05, 0.1) is 5.92 Å². The Morgan fingerprint density at radius 3 is 2.67 bits per heavy atom. The lowest BCUT2D eigenvalue weighted by Gasteiger charge is -2.35. The minimum absolute atomic E-state index is 0.0247. The molecule has 100 valence electrons. The SMILES string of the molecule is C=CCN(C(=O)N1CCC[C@H](C(=O)O)C1)C1CC1. The highest BCUT2D eigenvalue weighted by Crippen LogP contribution is 2.28. The van der Waals surface area contributed by atoms with Gasteiger partial charge in [-0.15, -0.1) is 6.58 Å². The van der Waals surface area contributed by atoms with Crippen molar-refractivity contribution >= 4 is 12.0 Å². The molecule has 5 heteroatoms. The number of hydrogen-bond acceptors (Lipinski definition) is 2. The summed E-state index contributed by atoms with van der Waals surface area (Å²) in [5.41, 5.74) is 0. The lowest BCUT2D eigenvalue weighted by Crippen LogP contribution is -2.49. The number of piperidine rings is 1. The maximum atomic E-state index is 12.3. The van der Waals surface area contributed by atoms with Crippen molar-refractivity contribution < 1.29 is 14.7 Å². The van der Waals surface area contributed by atoms with E-state index in [9.17, 15) is 9.59 Å². The van der Waals surface area contributed by atoms with Gasteiger partial charge in [-0.3, -0.25) is 4.79 Å². The van der Waals surface area contributed by atoms with Crippen LogP contribution >= 0.6 is 0 Å². The van der Waals surface area contributed by atoms with Crippen molar-refractivity contribution in [1.82, 2.24) is 9.80 Å². The van der Waals surface area contributed by atoms with E-state index in [0.29, 0.717) is 32.1 Å². The molecule has 0 spiro atoms. The van der Waals surface area contributed by atoms with Gasteiger partial charge in [-0.05, 0) is 25.7 Å². The second-order valence-electron chi connectivity index (χ2n) is 5.08. The number of carbonyl (C=O) groups is 2. The van der Waals surface area contributed by atoms with E-state index in [0.717, 1.165) is 19.3 Å². The summed E-state index contributed by atoms with van der Waals surface area (Å²) in [7, 11) is 0. The number of hydrogen-bond donors (Lipinski definition) is 1. The molecule has 0 unspecified atom stereocenters. The number of rotatable bonds is 4. The minimum atomic E-state index is -0.797. The van der Waals surface area contributed by atoms with E-state index in [1.807, 2.05) is 4.90 Å². The third kappa shape index (κ3) is 2.83. The third-order valence-electron chi connectivity index (χ3n) is 3.60. The molecule has 1 aliphatic heterocycles. The second-order valence-corrected chi connectivity index (χ2v) is 5.08. The third-order valence-corrected chi connectivity index (χ3v) is 3.60. The van der Waals surface area contributed by atoms with Crippen molar-refractivity contribution in [3.05, 3.63) is 12.7 Å². The highest BCUT2D eigenvalue weighted by molar-refractivity contribution is 5.77. The molecular weight excluding hydrogens is 232 g/mol. The Hall–Kier alpha value is -1.52. The Labute approximate surface area is 107 Å². The fourth-order valence-electron chi connectivity index (χ4n) is 2.44. The summed E-state index contributed by atoms with van der Waals surface area (Å²) >= 11 is 0. The van der Waals surface area contributed by atoms with E-state index in [2.05, 4.69) is 6.58 Å². The van der Waals surface area contributed by atoms with Crippen LogP contribution in [0.1, 0.15) is 25.7 Å². The molecule has 0 aromatic heterocycles. The molecular formula is C13H20N2O3. The molecule has 1 heterocycles. The standard InChI is InChI=1S/C13H20N2O3/c1-2-7-15(11-5-6-11)13(18)14-8-3-4-10(9-14)12(16)17/h2,10-11H,1,3-9H2,(H,16,17)/t10-/m0/s1. The fraction of sp³-hybridized carbons (Fsp3) is 0.692. The predicted molar refractivity (Wildman–Crippen MR) is 67.3 cm³/mol. The zero-order chi connectivity index (χ0) is 13.1. The van der Waals surface area contributed by atoms with E-state index in [-0.39, 0.29) is 6.03 Å². The zero-order valence-electron chi connectivity index (χ0n) is 10.5. The first kappa shape index (κ1) is 12.9. The van der Waals surface area contributed by atoms with Gasteiger partial charge in [-0.2, -0.15) is 0 Å². The summed E-state index contributed by atoms with van der Waals surface area (Å²) in [5, 5.41) is 9.03. The van der Waals surface area contributed by atoms with Crippen LogP contribution in [-0.4, -0.2) is 52.6 Å². The average Bonchev–Trinajstić information content (AvgIpc) is 3.19. The number of carboxylic acids is 1. The average molecular weight is 252 g/mol. The largest absolute Gasteiger partial charge is 0.481 e. The first-order valence-electron chi connectivity index (χ1n) is 6.52. The number of aliphatic carboxylic acids is 1. The second kappa shape index (κ2) is 5.42. The zero-order valence-corrected chi connectivity index (χ0v) is 10.5. The lowest BCUT2D eigenvalue weighted by atomic mass is 9.98. The van der Waals surface area contributed by atoms with E-state index in [4.69, 9.17) is 5.11 Å². The first-order chi connectivity index (χ1) is 8.63. The molecule has 1 saturated carbocycles. The molecule has 2 amide bonds. The smallest absolute Gasteiger partial charge is 0.320 e. The molecule has 1 aliphatic carbocycles. The van der Waals surface area contributed by atoms with Gasteiger partial charge in [0.15, 0.2) is 0 Å². The number of carbonyl (C=O) groups excluding carboxylic acids is 1. The fourth-order valence-corrected chi connectivity index (χ4v) is 2.44. The van der Waals surface area contributed by atoms with Gasteiger partial charge in [-0.25, -0.2) is 4.79 Å². The molecule has 0 aromatic rings. The Morgan fingerprint density at radius 1 is 1.39 bits per heavy atom. The summed E-state index contributed by atoms with van der Waals surface area (Å²) in [4.78, 5) is 26.8. The molecule has 2 fully saturated rings. The summed E-state index contributed by atoms with van der Waals surface area (Å²) in [6, 6.07) is 0.309. The first-order valence-corrected chi connectivity index (χ1v) is 6.52. The van der Waals surface area contributed by atoms with Crippen LogP contribution in [0.4, 0.5) is 4.79 Å². The van der Waals surface area contributed by atoms with Crippen molar-refractivity contribution in [3.63, 3.8) is 0 Å². The topological polar surface area (TPSA) is 60.9 Å². The maximum Gasteiger partial charge on any atom is 0.320 e. The van der Waals surface area contributed by atoms with Crippen LogP contribution < -0.4 is 0 Å². The molecule has 0 aromatic carbocycles. The molecule has 0 bridgehead atoms. The van der Waals surface area contributed by atoms with Crippen LogP contribution in [0.15, 0.2) is 12.7 Å². The Morgan fingerprint density at radius 2 is 2.11 bits per heavy atom. The molecule has 0 radical (unpaired) electrons. The highest BCUT2D eigenvalue weighted by Gasteiger charge is 2.36. The Bertz CT molecular complexity index is 352. The molecule has 1 saturated heterocycles. The van der Waals surface area contributed by atoms with Gasteiger partial charge in [0.25, 0.3) is 0 Å². The molecule has 1 N–H and O–H groups in total. The monoisotopic (exact) mass is 252 g/mol. The summed E-state index contributed by atoms with van der Waals surface area (Å²) < 4.78 is 0. The van der Waals surface area contributed by atoms with Gasteiger partial charge < -0.3 is 14.9 Å². The summed E-state index contributed by atoms with van der Waals surface area (Å²) in [6.07, 6.45) is 5.28. The van der Waals surface area contributed by atoms with Gasteiger partial charge in [0.2, 0.25) is 0 Å². The van der Waals surface area contributed by atoms with Crippen LogP contribution in [0.25, 0.3) is 0 Å². The van der Waals surface area contributed by atoms with Crippen LogP contribution in [0.2, 0.25) is 0 Å². The van der Waals surface area contributed by atoms with Crippen LogP contribution in [0.3, 0.4) is 0 Å². The van der Waals surface area contributed by atoms with Crippen molar-refractivity contribution in [1.29, 1.82) is 0 Å². The number of likely N-dealkylation sites (tertiary alicyclic amines) is 1. The van der Waals surface area contributed by atoms with E-state index in [1.165, 1.54) is 0 Å². The number of carboxylic acid groups (broad SMARTS) is 1. The van der Waals surface area contributed by atoms with Gasteiger partial charge >= 0.3 is 12.0 Å². The van der Waals surface area contributed by atoms with Gasteiger partial charge in [0.1, 0.15) is 0 Å². The van der Waals surface area contributed by atoms with Crippen molar-refractivity contribution in [3.8, 4) is 0 Å². The molecule has 1 atom stereocenters. The van der Waals surface area contributed by atoms with Crippen LogP contribution in [0.5, 0.6) is 0 Å². The van der Waals surface area contributed by atoms with Crippen molar-refractivity contribution in [2.75, 3.05) is 19.6 Å². The van der Waals surface area contributed by atoms with E-state index < -0.39 is 11.9 Å². The minimum Gasteiger partial charge on any atom is -0.481 e. The van der Waals surface area contributed by atoms with E-state index >= 15 is 0 Å². The maximum absolute atomic E-state index is 12.3. The normalized spacial score (nSPS) is 23.6. The van der Waals surface area contributed by atoms with Crippen molar-refractivity contribution in [2.24, 2.45) is 5.92 Å². The number of urea groups is 1. The summed E-state index contributed by atoms with van der Waals surface area (Å²) in [6.45, 7) is 5.24. The number of nitrogens with zero attached hydrogens (tertiary/aromatic N) is 2. The molecule has 2 rings (SSSR count). The van der Waals surface area contributed by atoms with Gasteiger partial charge in [-0.1, -0.05) is 6.08 Å². The molecule has 2 aliphatic rings. The molecule has 5 nitrogen and oxygen atoms in total. The highest BCUT2D eigenvalue weighted by atomic mass is 16.4. The molecule has 18 heavy (non-hydrogen) atoms. The van der Waals surface area contributed by atoms with Crippen LogP contribution in [-0.2, 0) is 4.79 Å². The van der Waals surface area contributed by atoms with Crippen molar-refractivity contribution in [2.45, 2.75) is 31.7 Å². The lowest BCUT2D eigenvalue weighted by molar-refractivity contribution is -0.143. The Balaban J connectivity index is 1.98. The Kier molecular flexibility index (Phi) is 3.89.